The van der Waals surface area contributed by atoms with Crippen molar-refractivity contribution in [3.05, 3.63) is 36.3 Å². The van der Waals surface area contributed by atoms with E-state index < -0.39 is 0 Å². The van der Waals surface area contributed by atoms with Crippen LogP contribution in [0.4, 0.5) is 0 Å². The van der Waals surface area contributed by atoms with E-state index in [-0.39, 0.29) is 17.7 Å². The summed E-state index contributed by atoms with van der Waals surface area (Å²) in [6, 6.07) is 5.76. The minimum Gasteiger partial charge on any atom is -0.355 e. The van der Waals surface area contributed by atoms with Crippen LogP contribution in [0, 0.1) is 5.92 Å². The van der Waals surface area contributed by atoms with E-state index in [9.17, 15) is 9.59 Å². The average Bonchev–Trinajstić information content (AvgIpc) is 3.19. The third kappa shape index (κ3) is 5.29. The zero-order valence-corrected chi connectivity index (χ0v) is 15.2. The number of carbonyl (C=O) groups excluding carboxylic acids is 2. The molecule has 8 nitrogen and oxygen atoms in total. The molecule has 2 amide bonds. The van der Waals surface area contributed by atoms with Gasteiger partial charge in [0.05, 0.1) is 12.1 Å². The van der Waals surface area contributed by atoms with Gasteiger partial charge >= 0.3 is 0 Å². The number of pyridine rings is 1. The molecule has 138 valence electrons. The highest BCUT2D eigenvalue weighted by Crippen LogP contribution is 2.18. The lowest BCUT2D eigenvalue weighted by Gasteiger charge is -2.32. The average molecular weight is 374 g/mol. The van der Waals surface area contributed by atoms with Gasteiger partial charge in [0.15, 0.2) is 0 Å². The van der Waals surface area contributed by atoms with Gasteiger partial charge in [-0.1, -0.05) is 6.07 Å². The number of amides is 2. The van der Waals surface area contributed by atoms with E-state index in [1.807, 2.05) is 18.2 Å². The van der Waals surface area contributed by atoms with Crippen LogP contribution in [0.5, 0.6) is 0 Å². The van der Waals surface area contributed by atoms with E-state index >= 15 is 0 Å². The number of carbonyl (C=O) groups is 2. The molecule has 3 rings (SSSR count). The van der Waals surface area contributed by atoms with Crippen LogP contribution in [0.3, 0.4) is 0 Å². The van der Waals surface area contributed by atoms with Gasteiger partial charge in [-0.2, -0.15) is 10.3 Å². The van der Waals surface area contributed by atoms with E-state index in [0.717, 1.165) is 16.5 Å². The first kappa shape index (κ1) is 18.4. The van der Waals surface area contributed by atoms with Crippen LogP contribution in [0.25, 0.3) is 0 Å². The fourth-order valence-corrected chi connectivity index (χ4v) is 3.52. The van der Waals surface area contributed by atoms with E-state index in [2.05, 4.69) is 25.7 Å². The number of H-pyrrole nitrogens is 1. The Morgan fingerprint density at radius 1 is 1.42 bits per heavy atom. The Bertz CT molecular complexity index is 709. The van der Waals surface area contributed by atoms with Gasteiger partial charge in [0.1, 0.15) is 5.03 Å². The molecule has 0 radical (unpaired) electrons. The Hall–Kier alpha value is -2.42. The van der Waals surface area contributed by atoms with Gasteiger partial charge in [-0.3, -0.25) is 14.6 Å². The molecule has 3 heterocycles. The van der Waals surface area contributed by atoms with Crippen LogP contribution in [-0.2, 0) is 16.0 Å². The normalized spacial score (nSPS) is 17.3. The zero-order valence-electron chi connectivity index (χ0n) is 14.4. The van der Waals surface area contributed by atoms with Crippen molar-refractivity contribution < 1.29 is 9.59 Å². The first-order valence-corrected chi connectivity index (χ1v) is 9.65. The smallest absolute Gasteiger partial charge is 0.224 e. The lowest BCUT2D eigenvalue weighted by atomic mass is 9.96. The fraction of sp³-hybridized carbons (Fsp3) is 0.471. The van der Waals surface area contributed by atoms with Crippen molar-refractivity contribution in [3.63, 3.8) is 0 Å². The molecule has 0 aromatic carbocycles. The number of hydrogen-bond donors (Lipinski definition) is 2. The molecule has 0 bridgehead atoms. The first-order valence-electron chi connectivity index (χ1n) is 8.66. The van der Waals surface area contributed by atoms with E-state index in [0.29, 0.717) is 38.9 Å². The van der Waals surface area contributed by atoms with Crippen LogP contribution >= 0.6 is 11.8 Å². The molecule has 1 unspecified atom stereocenters. The summed E-state index contributed by atoms with van der Waals surface area (Å²) in [6.45, 7) is 1.64. The topological polar surface area (TPSA) is 104 Å². The van der Waals surface area contributed by atoms with Gasteiger partial charge in [0.2, 0.25) is 11.8 Å². The molecule has 1 atom stereocenters. The molecule has 1 aliphatic rings. The maximum Gasteiger partial charge on any atom is 0.224 e. The second-order valence-electron chi connectivity index (χ2n) is 6.09. The Balaban J connectivity index is 1.41. The molecule has 2 N–H and O–H groups in total. The number of rotatable bonds is 8. The quantitative estimate of drug-likeness (QED) is 0.525. The molecule has 1 aliphatic heterocycles. The predicted molar refractivity (Wildman–Crippen MR) is 97.4 cm³/mol. The second kappa shape index (κ2) is 9.33. The minimum atomic E-state index is -0.145. The molecule has 1 fully saturated rings. The predicted octanol–water partition coefficient (Wildman–Crippen LogP) is 0.889. The highest BCUT2D eigenvalue weighted by molar-refractivity contribution is 7.99. The summed E-state index contributed by atoms with van der Waals surface area (Å²) in [7, 11) is 0. The SMILES string of the molecule is O=C(NCCSc1cn[nH]n1)C1CCC(=O)N(CCc2ccccn2)C1. The minimum absolute atomic E-state index is 0.0149. The molecule has 26 heavy (non-hydrogen) atoms. The summed E-state index contributed by atoms with van der Waals surface area (Å²) in [6.07, 6.45) is 5.14. The number of thioether (sulfide) groups is 1. The van der Waals surface area contributed by atoms with Crippen molar-refractivity contribution >= 4 is 23.6 Å². The van der Waals surface area contributed by atoms with Crippen LogP contribution in [-0.4, -0.2) is 62.5 Å². The number of nitrogens with one attached hydrogen (secondary N) is 2. The second-order valence-corrected chi connectivity index (χ2v) is 7.21. The molecule has 0 aliphatic carbocycles. The summed E-state index contributed by atoms with van der Waals surface area (Å²) in [5.74, 6) is 0.717. The van der Waals surface area contributed by atoms with Crippen molar-refractivity contribution in [2.75, 3.05) is 25.4 Å². The fourth-order valence-electron chi connectivity index (χ4n) is 2.88. The van der Waals surface area contributed by atoms with E-state index in [4.69, 9.17) is 0 Å². The maximum absolute atomic E-state index is 12.4. The zero-order chi connectivity index (χ0) is 18.2. The van der Waals surface area contributed by atoms with Gasteiger partial charge in [0.25, 0.3) is 0 Å². The highest BCUT2D eigenvalue weighted by Gasteiger charge is 2.29. The van der Waals surface area contributed by atoms with Gasteiger partial charge < -0.3 is 10.2 Å². The number of nitrogens with zero attached hydrogens (tertiary/aromatic N) is 4. The van der Waals surface area contributed by atoms with Gasteiger partial charge in [-0.25, -0.2) is 0 Å². The molecule has 0 saturated carbocycles. The third-order valence-corrected chi connectivity index (χ3v) is 5.18. The summed E-state index contributed by atoms with van der Waals surface area (Å²) < 4.78 is 0. The number of aromatic amines is 1. The number of piperidine rings is 1. The highest BCUT2D eigenvalue weighted by atomic mass is 32.2. The summed E-state index contributed by atoms with van der Waals surface area (Å²) in [5.41, 5.74) is 0.955. The Morgan fingerprint density at radius 2 is 2.35 bits per heavy atom. The van der Waals surface area contributed by atoms with Gasteiger partial charge in [-0.15, -0.1) is 16.9 Å². The van der Waals surface area contributed by atoms with Crippen LogP contribution in [0.2, 0.25) is 0 Å². The van der Waals surface area contributed by atoms with Crippen molar-refractivity contribution in [3.8, 4) is 0 Å². The molecule has 1 saturated heterocycles. The lowest BCUT2D eigenvalue weighted by Crippen LogP contribution is -2.46. The number of aromatic nitrogens is 4. The van der Waals surface area contributed by atoms with Crippen molar-refractivity contribution in [2.45, 2.75) is 24.3 Å². The molecular weight excluding hydrogens is 352 g/mol. The van der Waals surface area contributed by atoms with Crippen LogP contribution in [0.15, 0.2) is 35.6 Å². The van der Waals surface area contributed by atoms with E-state index in [1.165, 1.54) is 11.8 Å². The Kier molecular flexibility index (Phi) is 6.59. The van der Waals surface area contributed by atoms with E-state index in [1.54, 1.807) is 17.3 Å². The molecule has 2 aromatic heterocycles. The largest absolute Gasteiger partial charge is 0.355 e. The van der Waals surface area contributed by atoms with Crippen molar-refractivity contribution in [1.29, 1.82) is 0 Å². The maximum atomic E-state index is 12.4. The van der Waals surface area contributed by atoms with Crippen LogP contribution < -0.4 is 5.32 Å². The van der Waals surface area contributed by atoms with Crippen molar-refractivity contribution in [1.82, 2.24) is 30.6 Å². The standard InChI is InChI=1S/C17H22N6O2S/c24-16-5-4-13(12-23(16)9-6-14-3-1-2-7-18-14)17(25)19-8-10-26-15-11-20-22-21-15/h1-3,7,11,13H,4-6,8-10,12H2,(H,19,25)(H,20,21,22). The molecule has 2 aromatic rings. The monoisotopic (exact) mass is 374 g/mol. The number of likely N-dealkylation sites (tertiary alicyclic amines) is 1. The number of hydrogen-bond acceptors (Lipinski definition) is 6. The first-order chi connectivity index (χ1) is 12.7. The summed E-state index contributed by atoms with van der Waals surface area (Å²) in [5, 5.41) is 14.0. The molecule has 9 heteroatoms. The third-order valence-electron chi connectivity index (χ3n) is 4.28. The molecular formula is C17H22N6O2S. The van der Waals surface area contributed by atoms with Gasteiger partial charge in [0, 0.05) is 50.1 Å². The molecule has 0 spiro atoms. The summed E-state index contributed by atoms with van der Waals surface area (Å²) in [4.78, 5) is 30.6. The van der Waals surface area contributed by atoms with Crippen LogP contribution in [0.1, 0.15) is 18.5 Å². The Labute approximate surface area is 156 Å². The van der Waals surface area contributed by atoms with Gasteiger partial charge in [-0.05, 0) is 18.6 Å². The lowest BCUT2D eigenvalue weighted by molar-refractivity contribution is -0.138. The van der Waals surface area contributed by atoms with Crippen molar-refractivity contribution in [2.24, 2.45) is 5.92 Å². The summed E-state index contributed by atoms with van der Waals surface area (Å²) >= 11 is 1.53. The Morgan fingerprint density at radius 3 is 3.12 bits per heavy atom.